The molecule has 0 heterocycles. The zero-order valence-corrected chi connectivity index (χ0v) is 7.98. The predicted octanol–water partition coefficient (Wildman–Crippen LogP) is 3.11. The van der Waals surface area contributed by atoms with Gasteiger partial charge in [-0.25, -0.2) is 0 Å². The maximum absolute atomic E-state index is 5.62. The molecule has 0 unspecified atom stereocenters. The second-order valence-corrected chi connectivity index (χ2v) is 3.57. The first-order valence-corrected chi connectivity index (χ1v) is 3.78. The van der Waals surface area contributed by atoms with Crippen molar-refractivity contribution in [3.63, 3.8) is 0 Å². The van der Waals surface area contributed by atoms with Crippen molar-refractivity contribution >= 4 is 40.9 Å². The molecule has 0 aromatic rings. The summed E-state index contributed by atoms with van der Waals surface area (Å²) in [6.07, 6.45) is 3.32. The molecule has 0 spiro atoms. The van der Waals surface area contributed by atoms with Gasteiger partial charge in [0.2, 0.25) is 0 Å². The fraction of sp³-hybridized carbons (Fsp3) is 0.167. The van der Waals surface area contributed by atoms with Gasteiger partial charge in [-0.15, -0.1) is 0 Å². The summed E-state index contributed by atoms with van der Waals surface area (Å²) in [7, 11) is 0. The van der Waals surface area contributed by atoms with E-state index < -0.39 is 0 Å². The molecule has 0 amide bonds. The molecular formula is C6H7ClIN. The molecular weight excluding hydrogens is 248 g/mol. The average Bonchev–Trinajstić information content (AvgIpc) is 1.63. The van der Waals surface area contributed by atoms with Crippen molar-refractivity contribution in [2.45, 2.75) is 6.92 Å². The zero-order chi connectivity index (χ0) is 7.28. The molecule has 0 N–H and O–H groups in total. The molecule has 9 heavy (non-hydrogen) atoms. The van der Waals surface area contributed by atoms with E-state index in [1.54, 1.807) is 0 Å². The van der Waals surface area contributed by atoms with Crippen molar-refractivity contribution in [2.75, 3.05) is 0 Å². The third-order valence-corrected chi connectivity index (χ3v) is 1.07. The van der Waals surface area contributed by atoms with Crippen LogP contribution in [-0.2, 0) is 0 Å². The van der Waals surface area contributed by atoms with Gasteiger partial charge in [0.15, 0.2) is 0 Å². The maximum Gasteiger partial charge on any atom is 0.0595 e. The van der Waals surface area contributed by atoms with Crippen LogP contribution in [0.15, 0.2) is 25.9 Å². The maximum atomic E-state index is 5.62. The number of halogens is 2. The molecule has 0 aliphatic carbocycles. The van der Waals surface area contributed by atoms with Crippen molar-refractivity contribution in [1.29, 1.82) is 0 Å². The van der Waals surface area contributed by atoms with E-state index in [0.29, 0.717) is 5.03 Å². The molecule has 0 rings (SSSR count). The second-order valence-electron chi connectivity index (χ2n) is 1.43. The van der Waals surface area contributed by atoms with E-state index in [1.807, 2.05) is 13.0 Å². The molecule has 0 aromatic carbocycles. The highest BCUT2D eigenvalue weighted by Crippen LogP contribution is 2.11. The lowest BCUT2D eigenvalue weighted by Gasteiger charge is -1.84. The first-order valence-electron chi connectivity index (χ1n) is 2.32. The normalized spacial score (nSPS) is 13.7. The molecule has 0 saturated carbocycles. The van der Waals surface area contributed by atoms with Gasteiger partial charge >= 0.3 is 0 Å². The molecule has 3 heteroatoms. The van der Waals surface area contributed by atoms with Crippen molar-refractivity contribution in [2.24, 2.45) is 4.99 Å². The fourth-order valence-electron chi connectivity index (χ4n) is 0.314. The molecule has 0 atom stereocenters. The minimum Gasteiger partial charge on any atom is -0.271 e. The molecule has 0 bridgehead atoms. The molecule has 0 aliphatic rings. The summed E-state index contributed by atoms with van der Waals surface area (Å²) in [6.45, 7) is 5.22. The van der Waals surface area contributed by atoms with Crippen LogP contribution in [0.3, 0.4) is 0 Å². The van der Waals surface area contributed by atoms with Crippen molar-refractivity contribution < 1.29 is 0 Å². The molecule has 0 aliphatic heterocycles. The standard InChI is InChI=1S/C6H7ClIN/c1-5(8)3-6(7)4-9-2/h3-4H,2H2,1H3/b5-3+,6-4+. The Morgan fingerprint density at radius 2 is 2.33 bits per heavy atom. The largest absolute Gasteiger partial charge is 0.271 e. The quantitative estimate of drug-likeness (QED) is 0.408. The Labute approximate surface area is 73.6 Å². The summed E-state index contributed by atoms with van der Waals surface area (Å²) in [4.78, 5) is 3.50. The lowest BCUT2D eigenvalue weighted by atomic mass is 10.5. The van der Waals surface area contributed by atoms with Gasteiger partial charge in [-0.05, 0) is 45.9 Å². The topological polar surface area (TPSA) is 12.4 Å². The molecule has 0 fully saturated rings. The van der Waals surface area contributed by atoms with Gasteiger partial charge in [-0.1, -0.05) is 11.6 Å². The molecule has 0 radical (unpaired) electrons. The fourth-order valence-corrected chi connectivity index (χ4v) is 1.07. The summed E-state index contributed by atoms with van der Waals surface area (Å²) in [6, 6.07) is 0. The predicted molar refractivity (Wildman–Crippen MR) is 51.3 cm³/mol. The highest BCUT2D eigenvalue weighted by molar-refractivity contribution is 14.1. The molecule has 50 valence electrons. The van der Waals surface area contributed by atoms with E-state index in [1.165, 1.54) is 6.20 Å². The SMILES string of the molecule is C=N/C=C(Cl)\C=C(/C)I. The Morgan fingerprint density at radius 3 is 2.67 bits per heavy atom. The summed E-state index contributed by atoms with van der Waals surface area (Å²) in [5.41, 5.74) is 0. The zero-order valence-electron chi connectivity index (χ0n) is 5.06. The van der Waals surface area contributed by atoms with Gasteiger partial charge in [0.1, 0.15) is 0 Å². The Balaban J connectivity index is 4.05. The van der Waals surface area contributed by atoms with E-state index in [-0.39, 0.29) is 0 Å². The van der Waals surface area contributed by atoms with Crippen LogP contribution in [0.2, 0.25) is 0 Å². The lowest BCUT2D eigenvalue weighted by Crippen LogP contribution is -1.61. The van der Waals surface area contributed by atoms with Gasteiger partial charge in [0, 0.05) is 6.20 Å². The summed E-state index contributed by atoms with van der Waals surface area (Å²) < 4.78 is 1.12. The van der Waals surface area contributed by atoms with Gasteiger partial charge in [0.05, 0.1) is 5.03 Å². The van der Waals surface area contributed by atoms with Crippen LogP contribution in [0.25, 0.3) is 0 Å². The van der Waals surface area contributed by atoms with Crippen LogP contribution >= 0.6 is 34.2 Å². The van der Waals surface area contributed by atoms with E-state index in [2.05, 4.69) is 34.3 Å². The van der Waals surface area contributed by atoms with Crippen LogP contribution in [0.1, 0.15) is 6.92 Å². The van der Waals surface area contributed by atoms with Crippen LogP contribution < -0.4 is 0 Å². The van der Waals surface area contributed by atoms with Crippen molar-refractivity contribution in [3.05, 3.63) is 20.9 Å². The number of aliphatic imine (C=N–C) groups is 1. The monoisotopic (exact) mass is 255 g/mol. The third-order valence-electron chi connectivity index (χ3n) is 0.551. The minimum absolute atomic E-state index is 0.608. The Kier molecular flexibility index (Phi) is 5.09. The van der Waals surface area contributed by atoms with E-state index in [0.717, 1.165) is 3.58 Å². The number of hydrogen-bond acceptors (Lipinski definition) is 1. The third kappa shape index (κ3) is 6.05. The van der Waals surface area contributed by atoms with Crippen molar-refractivity contribution in [3.8, 4) is 0 Å². The van der Waals surface area contributed by atoms with E-state index >= 15 is 0 Å². The van der Waals surface area contributed by atoms with Crippen LogP contribution in [0.5, 0.6) is 0 Å². The van der Waals surface area contributed by atoms with Crippen LogP contribution in [0, 0.1) is 0 Å². The summed E-state index contributed by atoms with van der Waals surface area (Å²) >= 11 is 7.79. The molecule has 1 nitrogen and oxygen atoms in total. The van der Waals surface area contributed by atoms with E-state index in [9.17, 15) is 0 Å². The second kappa shape index (κ2) is 4.99. The Morgan fingerprint density at radius 1 is 1.78 bits per heavy atom. The minimum atomic E-state index is 0.608. The first kappa shape index (κ1) is 9.17. The number of allylic oxidation sites excluding steroid dienone is 3. The lowest BCUT2D eigenvalue weighted by molar-refractivity contribution is 1.57. The molecule has 0 aromatic heterocycles. The Bertz CT molecular complexity index is 156. The number of rotatable bonds is 2. The number of nitrogens with zero attached hydrogens (tertiary/aromatic N) is 1. The smallest absolute Gasteiger partial charge is 0.0595 e. The highest BCUT2D eigenvalue weighted by Gasteiger charge is 1.83. The van der Waals surface area contributed by atoms with Crippen LogP contribution in [-0.4, -0.2) is 6.72 Å². The first-order chi connectivity index (χ1) is 4.16. The van der Waals surface area contributed by atoms with Gasteiger partial charge < -0.3 is 0 Å². The average molecular weight is 255 g/mol. The van der Waals surface area contributed by atoms with Crippen LogP contribution in [0.4, 0.5) is 0 Å². The van der Waals surface area contributed by atoms with E-state index in [4.69, 9.17) is 11.6 Å². The number of hydrogen-bond donors (Lipinski definition) is 0. The van der Waals surface area contributed by atoms with Crippen molar-refractivity contribution in [1.82, 2.24) is 0 Å². The highest BCUT2D eigenvalue weighted by atomic mass is 127. The van der Waals surface area contributed by atoms with Gasteiger partial charge in [0.25, 0.3) is 0 Å². The summed E-state index contributed by atoms with van der Waals surface area (Å²) in [5, 5.41) is 0.608. The van der Waals surface area contributed by atoms with Gasteiger partial charge in [-0.3, -0.25) is 4.99 Å². The Hall–Kier alpha value is 0.170. The molecule has 0 saturated heterocycles. The van der Waals surface area contributed by atoms with Gasteiger partial charge in [-0.2, -0.15) is 0 Å². The summed E-state index contributed by atoms with van der Waals surface area (Å²) in [5.74, 6) is 0.